The van der Waals surface area contributed by atoms with E-state index in [9.17, 15) is 4.79 Å². The van der Waals surface area contributed by atoms with E-state index >= 15 is 0 Å². The minimum atomic E-state index is -0.496. The number of rotatable bonds is 3. The van der Waals surface area contributed by atoms with Gasteiger partial charge in [0.1, 0.15) is 10.7 Å². The van der Waals surface area contributed by atoms with Gasteiger partial charge in [0, 0.05) is 23.8 Å². The molecular weight excluding hydrogens is 212 g/mol. The third kappa shape index (κ3) is 1.97. The van der Waals surface area contributed by atoms with Crippen LogP contribution in [0.5, 0.6) is 0 Å². The maximum absolute atomic E-state index is 11.0. The van der Waals surface area contributed by atoms with Crippen LogP contribution in [0.2, 0.25) is 0 Å². The molecule has 0 bridgehead atoms. The van der Waals surface area contributed by atoms with Gasteiger partial charge in [0.2, 0.25) is 0 Å². The van der Waals surface area contributed by atoms with E-state index in [4.69, 9.17) is 4.84 Å². The lowest BCUT2D eigenvalue weighted by Crippen LogP contribution is -2.17. The molecule has 2 aromatic rings. The Morgan fingerprint density at radius 3 is 3.20 bits per heavy atom. The second kappa shape index (κ2) is 4.10. The summed E-state index contributed by atoms with van der Waals surface area (Å²) in [5.41, 5.74) is 0.750. The predicted octanol–water partition coefficient (Wildman–Crippen LogP) is 1.75. The third-order valence-electron chi connectivity index (χ3n) is 1.72. The van der Waals surface area contributed by atoms with Gasteiger partial charge in [0.05, 0.1) is 0 Å². The molecule has 0 fully saturated rings. The molecule has 0 spiro atoms. The van der Waals surface area contributed by atoms with Crippen LogP contribution in [0.4, 0.5) is 0 Å². The summed E-state index contributed by atoms with van der Waals surface area (Å²) < 4.78 is 1.38. The molecule has 0 amide bonds. The smallest absolute Gasteiger partial charge is 0.332 e. The Kier molecular flexibility index (Phi) is 2.64. The zero-order valence-corrected chi connectivity index (χ0v) is 8.61. The van der Waals surface area contributed by atoms with Gasteiger partial charge < -0.3 is 4.84 Å². The Morgan fingerprint density at radius 2 is 2.53 bits per heavy atom. The van der Waals surface area contributed by atoms with Crippen molar-refractivity contribution >= 4 is 17.3 Å². The Balaban J connectivity index is 2.30. The van der Waals surface area contributed by atoms with Gasteiger partial charge in [0.25, 0.3) is 0 Å². The van der Waals surface area contributed by atoms with Crippen molar-refractivity contribution in [2.24, 2.45) is 0 Å². The summed E-state index contributed by atoms with van der Waals surface area (Å²) in [5, 5.41) is 2.67. The molecule has 0 saturated heterocycles. The van der Waals surface area contributed by atoms with Gasteiger partial charge in [-0.2, -0.15) is 4.73 Å². The number of hydrogen-bond acceptors (Lipinski definition) is 4. The first-order valence-corrected chi connectivity index (χ1v) is 5.11. The average molecular weight is 220 g/mol. The molecule has 2 heterocycles. The highest BCUT2D eigenvalue weighted by atomic mass is 32.1. The van der Waals surface area contributed by atoms with Crippen molar-refractivity contribution in [3.05, 3.63) is 42.6 Å². The number of carbonyl (C=O) groups is 1. The first-order chi connectivity index (χ1) is 7.31. The molecule has 4 nitrogen and oxygen atoms in total. The third-order valence-corrected chi connectivity index (χ3v) is 2.52. The molecule has 0 aromatic carbocycles. The van der Waals surface area contributed by atoms with Gasteiger partial charge in [0.15, 0.2) is 0 Å². The van der Waals surface area contributed by atoms with Crippen molar-refractivity contribution in [1.82, 2.24) is 9.71 Å². The lowest BCUT2D eigenvalue weighted by Gasteiger charge is -2.04. The topological polar surface area (TPSA) is 44.1 Å². The van der Waals surface area contributed by atoms with Gasteiger partial charge in [-0.15, -0.1) is 11.3 Å². The van der Waals surface area contributed by atoms with Crippen molar-refractivity contribution < 1.29 is 9.63 Å². The van der Waals surface area contributed by atoms with Crippen LogP contribution in [0.15, 0.2) is 42.6 Å². The zero-order valence-electron chi connectivity index (χ0n) is 7.79. The number of hydrogen-bond donors (Lipinski definition) is 0. The van der Waals surface area contributed by atoms with Crippen molar-refractivity contribution in [1.29, 1.82) is 0 Å². The predicted molar refractivity (Wildman–Crippen MR) is 57.3 cm³/mol. The molecular formula is C10H8N2O2S. The largest absolute Gasteiger partial charge is 0.355 e. The minimum absolute atomic E-state index is 0.496. The standard InChI is InChI=1S/C10H8N2O2S/c1-2-9(13)14-12-6-3-4-8(12)10-11-5-7-15-10/h2-7H,1H2. The summed E-state index contributed by atoms with van der Waals surface area (Å²) in [6.07, 6.45) is 4.47. The summed E-state index contributed by atoms with van der Waals surface area (Å²) >= 11 is 1.48. The van der Waals surface area contributed by atoms with E-state index in [1.807, 2.05) is 11.4 Å². The first kappa shape index (κ1) is 9.67. The molecule has 0 unspecified atom stereocenters. The Morgan fingerprint density at radius 1 is 1.67 bits per heavy atom. The van der Waals surface area contributed by atoms with Crippen molar-refractivity contribution in [2.45, 2.75) is 0 Å². The van der Waals surface area contributed by atoms with E-state index in [1.165, 1.54) is 16.1 Å². The monoisotopic (exact) mass is 220 g/mol. The molecule has 0 aliphatic rings. The van der Waals surface area contributed by atoms with Gasteiger partial charge in [-0.05, 0) is 12.1 Å². The highest BCUT2D eigenvalue weighted by Crippen LogP contribution is 2.21. The second-order valence-corrected chi connectivity index (χ2v) is 3.57. The highest BCUT2D eigenvalue weighted by Gasteiger charge is 2.08. The Labute approximate surface area is 90.4 Å². The maximum Gasteiger partial charge on any atom is 0.355 e. The maximum atomic E-state index is 11.0. The molecule has 0 aliphatic carbocycles. The van der Waals surface area contributed by atoms with Gasteiger partial charge >= 0.3 is 5.97 Å². The Bertz CT molecular complexity index is 473. The quantitative estimate of drug-likeness (QED) is 0.740. The average Bonchev–Trinajstić information content (AvgIpc) is 2.86. The molecule has 0 radical (unpaired) electrons. The summed E-state index contributed by atoms with van der Waals surface area (Å²) in [7, 11) is 0. The van der Waals surface area contributed by atoms with Crippen LogP contribution < -0.4 is 4.84 Å². The van der Waals surface area contributed by atoms with Crippen LogP contribution in [-0.2, 0) is 4.79 Å². The van der Waals surface area contributed by atoms with E-state index in [0.717, 1.165) is 16.8 Å². The number of nitrogens with zero attached hydrogens (tertiary/aromatic N) is 2. The lowest BCUT2D eigenvalue weighted by molar-refractivity contribution is -0.138. The Hall–Kier alpha value is -1.88. The summed E-state index contributed by atoms with van der Waals surface area (Å²) in [6.45, 7) is 3.33. The van der Waals surface area contributed by atoms with E-state index in [0.29, 0.717) is 0 Å². The van der Waals surface area contributed by atoms with E-state index in [-0.39, 0.29) is 0 Å². The van der Waals surface area contributed by atoms with E-state index in [1.54, 1.807) is 18.5 Å². The molecule has 0 atom stereocenters. The highest BCUT2D eigenvalue weighted by molar-refractivity contribution is 7.13. The summed E-state index contributed by atoms with van der Waals surface area (Å²) in [4.78, 5) is 20.1. The molecule has 15 heavy (non-hydrogen) atoms. The van der Waals surface area contributed by atoms with Crippen LogP contribution in [0.1, 0.15) is 0 Å². The fourth-order valence-corrected chi connectivity index (χ4v) is 1.75. The normalized spacial score (nSPS) is 9.87. The number of aromatic nitrogens is 2. The van der Waals surface area contributed by atoms with Crippen LogP contribution >= 0.6 is 11.3 Å². The molecule has 76 valence electrons. The van der Waals surface area contributed by atoms with Gasteiger partial charge in [-0.1, -0.05) is 6.58 Å². The summed E-state index contributed by atoms with van der Waals surface area (Å²) in [6, 6.07) is 3.61. The van der Waals surface area contributed by atoms with Crippen LogP contribution in [0.3, 0.4) is 0 Å². The SMILES string of the molecule is C=CC(=O)On1cccc1-c1nccs1. The van der Waals surface area contributed by atoms with Crippen molar-refractivity contribution in [3.8, 4) is 10.7 Å². The molecule has 0 saturated carbocycles. The first-order valence-electron chi connectivity index (χ1n) is 4.23. The van der Waals surface area contributed by atoms with Crippen LogP contribution in [-0.4, -0.2) is 15.7 Å². The molecule has 2 aromatic heterocycles. The molecule has 5 heteroatoms. The second-order valence-electron chi connectivity index (χ2n) is 2.67. The molecule has 0 N–H and O–H groups in total. The van der Waals surface area contributed by atoms with Gasteiger partial charge in [-0.25, -0.2) is 9.78 Å². The van der Waals surface area contributed by atoms with Crippen LogP contribution in [0, 0.1) is 0 Å². The fraction of sp³-hybridized carbons (Fsp3) is 0. The number of thiazole rings is 1. The zero-order chi connectivity index (χ0) is 10.7. The van der Waals surface area contributed by atoms with Crippen molar-refractivity contribution in [3.63, 3.8) is 0 Å². The molecule has 0 aliphatic heterocycles. The van der Waals surface area contributed by atoms with E-state index < -0.39 is 5.97 Å². The molecule has 2 rings (SSSR count). The van der Waals surface area contributed by atoms with Crippen molar-refractivity contribution in [2.75, 3.05) is 0 Å². The van der Waals surface area contributed by atoms with E-state index in [2.05, 4.69) is 11.6 Å². The lowest BCUT2D eigenvalue weighted by atomic mass is 10.4. The number of carbonyl (C=O) groups excluding carboxylic acids is 1. The van der Waals surface area contributed by atoms with Gasteiger partial charge in [-0.3, -0.25) is 0 Å². The van der Waals surface area contributed by atoms with Crippen LogP contribution in [0.25, 0.3) is 10.7 Å². The fourth-order valence-electron chi connectivity index (χ4n) is 1.10. The minimum Gasteiger partial charge on any atom is -0.332 e. The summed E-state index contributed by atoms with van der Waals surface area (Å²) in [5.74, 6) is -0.496.